The number of rotatable bonds is 1. The molecule has 0 amide bonds. The molecular formula is C14H9F3N2. The molecular weight excluding hydrogens is 253 g/mol. The lowest BCUT2D eigenvalue weighted by molar-refractivity contribution is 0.510. The third-order valence-electron chi connectivity index (χ3n) is 2.97. The minimum Gasteiger partial charge on any atom is -0.338 e. The number of benzene rings is 2. The molecule has 1 aromatic heterocycles. The molecule has 0 radical (unpaired) electrons. The molecule has 96 valence electrons. The van der Waals surface area contributed by atoms with Crippen LogP contribution in [0.3, 0.4) is 0 Å². The molecule has 0 bridgehead atoms. The molecule has 0 saturated carbocycles. The Labute approximate surface area is 106 Å². The van der Waals surface area contributed by atoms with E-state index in [-0.39, 0.29) is 16.9 Å². The van der Waals surface area contributed by atoms with Gasteiger partial charge in [0.2, 0.25) is 0 Å². The average molecular weight is 262 g/mol. The van der Waals surface area contributed by atoms with Crippen molar-refractivity contribution in [1.82, 2.24) is 9.97 Å². The van der Waals surface area contributed by atoms with Crippen LogP contribution in [0, 0.1) is 24.4 Å². The topological polar surface area (TPSA) is 28.7 Å². The van der Waals surface area contributed by atoms with Crippen molar-refractivity contribution in [3.8, 4) is 11.4 Å². The summed E-state index contributed by atoms with van der Waals surface area (Å²) in [4.78, 5) is 6.87. The summed E-state index contributed by atoms with van der Waals surface area (Å²) in [5.41, 5.74) is 1.34. The molecule has 0 aliphatic rings. The standard InChI is InChI=1S/C14H9F3N2/c1-7-3-2-4-8(13(7)17)14-18-11-5-9(15)10(16)6-12(11)19-14/h2-6H,1H3,(H,18,19). The van der Waals surface area contributed by atoms with Gasteiger partial charge in [-0.3, -0.25) is 0 Å². The van der Waals surface area contributed by atoms with Crippen LogP contribution >= 0.6 is 0 Å². The van der Waals surface area contributed by atoms with Gasteiger partial charge in [-0.25, -0.2) is 18.2 Å². The summed E-state index contributed by atoms with van der Waals surface area (Å²) in [5.74, 6) is -2.09. The van der Waals surface area contributed by atoms with E-state index in [4.69, 9.17) is 0 Å². The highest BCUT2D eigenvalue weighted by Crippen LogP contribution is 2.25. The summed E-state index contributed by atoms with van der Waals surface area (Å²) < 4.78 is 40.2. The van der Waals surface area contributed by atoms with Crippen LogP contribution in [0.2, 0.25) is 0 Å². The minimum absolute atomic E-state index is 0.251. The van der Waals surface area contributed by atoms with Crippen LogP contribution in [0.4, 0.5) is 13.2 Å². The van der Waals surface area contributed by atoms with Crippen LogP contribution in [-0.4, -0.2) is 9.97 Å². The molecule has 3 rings (SSSR count). The SMILES string of the molecule is Cc1cccc(-c2nc3cc(F)c(F)cc3[nH]2)c1F. The van der Waals surface area contributed by atoms with Crippen molar-refractivity contribution in [2.24, 2.45) is 0 Å². The zero-order valence-electron chi connectivity index (χ0n) is 9.97. The first-order valence-electron chi connectivity index (χ1n) is 5.66. The van der Waals surface area contributed by atoms with E-state index in [1.54, 1.807) is 25.1 Å². The molecule has 1 heterocycles. The first-order chi connectivity index (χ1) is 9.06. The zero-order valence-corrected chi connectivity index (χ0v) is 9.97. The first kappa shape index (κ1) is 11.8. The maximum atomic E-state index is 14.0. The Bertz CT molecular complexity index is 739. The molecule has 3 aromatic rings. The van der Waals surface area contributed by atoms with Crippen molar-refractivity contribution < 1.29 is 13.2 Å². The molecule has 1 N–H and O–H groups in total. The quantitative estimate of drug-likeness (QED) is 0.706. The second-order valence-electron chi connectivity index (χ2n) is 4.31. The maximum absolute atomic E-state index is 14.0. The van der Waals surface area contributed by atoms with Crippen molar-refractivity contribution in [2.45, 2.75) is 6.92 Å². The highest BCUT2D eigenvalue weighted by molar-refractivity contribution is 5.79. The first-order valence-corrected chi connectivity index (χ1v) is 5.66. The lowest BCUT2D eigenvalue weighted by Crippen LogP contribution is -1.89. The average Bonchev–Trinajstić information content (AvgIpc) is 2.76. The van der Waals surface area contributed by atoms with E-state index in [1.807, 2.05) is 0 Å². The van der Waals surface area contributed by atoms with Gasteiger partial charge in [-0.2, -0.15) is 0 Å². The summed E-state index contributed by atoms with van der Waals surface area (Å²) in [7, 11) is 0. The van der Waals surface area contributed by atoms with Gasteiger partial charge < -0.3 is 4.98 Å². The van der Waals surface area contributed by atoms with Crippen molar-refractivity contribution >= 4 is 11.0 Å². The monoisotopic (exact) mass is 262 g/mol. The van der Waals surface area contributed by atoms with Crippen molar-refractivity contribution in [2.75, 3.05) is 0 Å². The van der Waals surface area contributed by atoms with Gasteiger partial charge in [0, 0.05) is 12.1 Å². The summed E-state index contributed by atoms with van der Waals surface area (Å²) in [6, 6.07) is 6.89. The van der Waals surface area contributed by atoms with Crippen LogP contribution < -0.4 is 0 Å². The van der Waals surface area contributed by atoms with Crippen LogP contribution in [0.5, 0.6) is 0 Å². The number of aromatic nitrogens is 2. The third kappa shape index (κ3) is 1.87. The Kier molecular flexibility index (Phi) is 2.55. The summed E-state index contributed by atoms with van der Waals surface area (Å²) >= 11 is 0. The van der Waals surface area contributed by atoms with Gasteiger partial charge in [0.15, 0.2) is 11.6 Å². The summed E-state index contributed by atoms with van der Waals surface area (Å²) in [6.45, 7) is 1.64. The number of aromatic amines is 1. The van der Waals surface area contributed by atoms with Crippen molar-refractivity contribution in [3.05, 3.63) is 53.3 Å². The number of nitrogens with zero attached hydrogens (tertiary/aromatic N) is 1. The number of nitrogens with one attached hydrogen (secondary N) is 1. The van der Waals surface area contributed by atoms with Gasteiger partial charge in [-0.05, 0) is 18.6 Å². The van der Waals surface area contributed by atoms with Crippen LogP contribution in [-0.2, 0) is 0 Å². The number of hydrogen-bond donors (Lipinski definition) is 1. The van der Waals surface area contributed by atoms with E-state index >= 15 is 0 Å². The van der Waals surface area contributed by atoms with Gasteiger partial charge in [-0.1, -0.05) is 12.1 Å². The second-order valence-corrected chi connectivity index (χ2v) is 4.31. The van der Waals surface area contributed by atoms with Crippen molar-refractivity contribution in [1.29, 1.82) is 0 Å². The molecule has 19 heavy (non-hydrogen) atoms. The van der Waals surface area contributed by atoms with Crippen molar-refractivity contribution in [3.63, 3.8) is 0 Å². The number of halogens is 3. The molecule has 0 aliphatic heterocycles. The maximum Gasteiger partial charge on any atom is 0.161 e. The number of imidazole rings is 1. The molecule has 0 saturated heterocycles. The molecule has 0 spiro atoms. The number of H-pyrrole nitrogens is 1. The normalized spacial score (nSPS) is 11.2. The fourth-order valence-electron chi connectivity index (χ4n) is 1.96. The summed E-state index contributed by atoms with van der Waals surface area (Å²) in [6.07, 6.45) is 0. The molecule has 0 unspecified atom stereocenters. The van der Waals surface area contributed by atoms with E-state index in [0.717, 1.165) is 12.1 Å². The third-order valence-corrected chi connectivity index (χ3v) is 2.97. The van der Waals surface area contributed by atoms with E-state index < -0.39 is 17.5 Å². The Morgan fingerprint density at radius 2 is 1.79 bits per heavy atom. The van der Waals surface area contributed by atoms with E-state index in [9.17, 15) is 13.2 Å². The molecule has 2 nitrogen and oxygen atoms in total. The summed E-state index contributed by atoms with van der Waals surface area (Å²) in [5, 5.41) is 0. The van der Waals surface area contributed by atoms with Gasteiger partial charge in [0.1, 0.15) is 11.6 Å². The molecule has 0 fully saturated rings. The highest BCUT2D eigenvalue weighted by atomic mass is 19.2. The largest absolute Gasteiger partial charge is 0.338 e. The fraction of sp³-hybridized carbons (Fsp3) is 0.0714. The van der Waals surface area contributed by atoms with E-state index in [0.29, 0.717) is 11.1 Å². The number of fused-ring (bicyclic) bond motifs is 1. The minimum atomic E-state index is -0.977. The van der Waals surface area contributed by atoms with Gasteiger partial charge in [0.05, 0.1) is 16.6 Å². The predicted molar refractivity (Wildman–Crippen MR) is 66.1 cm³/mol. The highest BCUT2D eigenvalue weighted by Gasteiger charge is 2.13. The number of hydrogen-bond acceptors (Lipinski definition) is 1. The Balaban J connectivity index is 2.23. The Morgan fingerprint density at radius 3 is 2.58 bits per heavy atom. The Morgan fingerprint density at radius 1 is 1.05 bits per heavy atom. The lowest BCUT2D eigenvalue weighted by atomic mass is 10.1. The molecule has 0 aliphatic carbocycles. The Hall–Kier alpha value is -2.30. The smallest absolute Gasteiger partial charge is 0.161 e. The van der Waals surface area contributed by atoms with Gasteiger partial charge >= 0.3 is 0 Å². The van der Waals surface area contributed by atoms with Gasteiger partial charge in [-0.15, -0.1) is 0 Å². The van der Waals surface area contributed by atoms with Crippen LogP contribution in [0.25, 0.3) is 22.4 Å². The van der Waals surface area contributed by atoms with Crippen LogP contribution in [0.15, 0.2) is 30.3 Å². The number of aryl methyl sites for hydroxylation is 1. The predicted octanol–water partition coefficient (Wildman–Crippen LogP) is 3.96. The van der Waals surface area contributed by atoms with Gasteiger partial charge in [0.25, 0.3) is 0 Å². The lowest BCUT2D eigenvalue weighted by Gasteiger charge is -2.01. The van der Waals surface area contributed by atoms with E-state index in [1.165, 1.54) is 0 Å². The molecule has 5 heteroatoms. The zero-order chi connectivity index (χ0) is 13.6. The van der Waals surface area contributed by atoms with Crippen LogP contribution in [0.1, 0.15) is 5.56 Å². The molecule has 2 aromatic carbocycles. The van der Waals surface area contributed by atoms with E-state index in [2.05, 4.69) is 9.97 Å². The second kappa shape index (κ2) is 4.12. The molecule has 0 atom stereocenters. The fourth-order valence-corrected chi connectivity index (χ4v) is 1.96.